The lowest BCUT2D eigenvalue weighted by atomic mass is 10.2. The van der Waals surface area contributed by atoms with E-state index in [2.05, 4.69) is 11.0 Å². The molecule has 1 saturated heterocycles. The van der Waals surface area contributed by atoms with Crippen LogP contribution in [0, 0.1) is 11.3 Å². The zero-order chi connectivity index (χ0) is 12.1. The molecule has 1 aromatic carbocycles. The van der Waals surface area contributed by atoms with Crippen molar-refractivity contribution in [2.45, 2.75) is 6.42 Å². The molecule has 17 heavy (non-hydrogen) atoms. The molecule has 0 aliphatic carbocycles. The Labute approximate surface area is 101 Å². The van der Waals surface area contributed by atoms with Crippen molar-refractivity contribution in [2.24, 2.45) is 0 Å². The van der Waals surface area contributed by atoms with Crippen LogP contribution in [0.1, 0.15) is 12.0 Å². The highest BCUT2D eigenvalue weighted by atomic mass is 16.1. The summed E-state index contributed by atoms with van der Waals surface area (Å²) >= 11 is 0. The van der Waals surface area contributed by atoms with Crippen LogP contribution in [0.5, 0.6) is 0 Å². The molecule has 4 heteroatoms. The van der Waals surface area contributed by atoms with Crippen LogP contribution in [-0.2, 0) is 4.79 Å². The van der Waals surface area contributed by atoms with E-state index in [-0.39, 0.29) is 0 Å². The Kier molecular flexibility index (Phi) is 3.61. The maximum atomic E-state index is 10.7. The fraction of sp³-hybridized carbons (Fsp3) is 0.385. The molecular formula is C13H15N3O. The first-order valence-electron chi connectivity index (χ1n) is 5.78. The van der Waals surface area contributed by atoms with Gasteiger partial charge in [0.1, 0.15) is 0 Å². The smallest absolute Gasteiger partial charge is 0.209 e. The predicted octanol–water partition coefficient (Wildman–Crippen LogP) is 1.23. The average molecular weight is 229 g/mol. The van der Waals surface area contributed by atoms with Crippen LogP contribution in [0.4, 0.5) is 5.69 Å². The van der Waals surface area contributed by atoms with Gasteiger partial charge in [0.2, 0.25) is 6.41 Å². The highest BCUT2D eigenvalue weighted by molar-refractivity contribution is 5.51. The summed E-state index contributed by atoms with van der Waals surface area (Å²) in [6, 6.07) is 9.71. The van der Waals surface area contributed by atoms with Crippen LogP contribution in [0.2, 0.25) is 0 Å². The number of nitrogens with zero attached hydrogens (tertiary/aromatic N) is 3. The number of hydrogen-bond donors (Lipinski definition) is 0. The molecule has 1 aromatic rings. The number of amides is 1. The van der Waals surface area contributed by atoms with Gasteiger partial charge >= 0.3 is 0 Å². The monoisotopic (exact) mass is 229 g/mol. The van der Waals surface area contributed by atoms with Gasteiger partial charge in [0.05, 0.1) is 11.6 Å². The van der Waals surface area contributed by atoms with E-state index in [0.29, 0.717) is 5.56 Å². The number of nitriles is 1. The van der Waals surface area contributed by atoms with E-state index in [0.717, 1.165) is 44.7 Å². The molecule has 1 heterocycles. The minimum atomic E-state index is 0.679. The number of carbonyl (C=O) groups is 1. The summed E-state index contributed by atoms with van der Waals surface area (Å²) in [7, 11) is 0. The molecule has 0 saturated carbocycles. The maximum Gasteiger partial charge on any atom is 0.209 e. The molecule has 1 fully saturated rings. The molecule has 0 aromatic heterocycles. The molecule has 0 N–H and O–H groups in total. The van der Waals surface area contributed by atoms with Crippen molar-refractivity contribution in [1.29, 1.82) is 5.26 Å². The number of benzene rings is 1. The van der Waals surface area contributed by atoms with Crippen LogP contribution in [0.15, 0.2) is 24.3 Å². The summed E-state index contributed by atoms with van der Waals surface area (Å²) in [5.74, 6) is 0. The number of hydrogen-bond acceptors (Lipinski definition) is 3. The SMILES string of the molecule is N#Cc1ccc(N2CCCN(C=O)CC2)cc1. The second kappa shape index (κ2) is 5.35. The normalized spacial score (nSPS) is 16.2. The number of carbonyl (C=O) groups excluding carboxylic acids is 1. The first kappa shape index (κ1) is 11.5. The first-order valence-corrected chi connectivity index (χ1v) is 5.78. The third-order valence-corrected chi connectivity index (χ3v) is 3.04. The van der Waals surface area contributed by atoms with E-state index in [4.69, 9.17) is 5.26 Å². The van der Waals surface area contributed by atoms with Crippen molar-refractivity contribution in [1.82, 2.24) is 4.90 Å². The molecular weight excluding hydrogens is 214 g/mol. The minimum absolute atomic E-state index is 0.679. The van der Waals surface area contributed by atoms with Crippen LogP contribution >= 0.6 is 0 Å². The summed E-state index contributed by atoms with van der Waals surface area (Å²) in [5, 5.41) is 8.74. The summed E-state index contributed by atoms with van der Waals surface area (Å²) in [4.78, 5) is 14.8. The van der Waals surface area contributed by atoms with Gasteiger partial charge in [0, 0.05) is 31.9 Å². The molecule has 0 bridgehead atoms. The van der Waals surface area contributed by atoms with E-state index in [1.54, 1.807) is 0 Å². The van der Waals surface area contributed by atoms with Crippen molar-refractivity contribution in [3.63, 3.8) is 0 Å². The Bertz CT molecular complexity index is 421. The molecule has 1 aliphatic heterocycles. The van der Waals surface area contributed by atoms with Gasteiger partial charge in [0.25, 0.3) is 0 Å². The van der Waals surface area contributed by atoms with E-state index in [9.17, 15) is 4.79 Å². The Morgan fingerprint density at radius 2 is 1.88 bits per heavy atom. The van der Waals surface area contributed by atoms with Gasteiger partial charge in [-0.15, -0.1) is 0 Å². The van der Waals surface area contributed by atoms with Gasteiger partial charge in [-0.1, -0.05) is 0 Å². The van der Waals surface area contributed by atoms with Crippen molar-refractivity contribution < 1.29 is 4.79 Å². The lowest BCUT2D eigenvalue weighted by molar-refractivity contribution is -0.117. The molecule has 88 valence electrons. The second-order valence-electron chi connectivity index (χ2n) is 4.14. The van der Waals surface area contributed by atoms with Gasteiger partial charge < -0.3 is 9.80 Å². The summed E-state index contributed by atoms with van der Waals surface area (Å²) < 4.78 is 0. The van der Waals surface area contributed by atoms with Crippen molar-refractivity contribution >= 4 is 12.1 Å². The van der Waals surface area contributed by atoms with Gasteiger partial charge in [-0.3, -0.25) is 4.79 Å². The largest absolute Gasteiger partial charge is 0.370 e. The van der Waals surface area contributed by atoms with Crippen molar-refractivity contribution in [2.75, 3.05) is 31.1 Å². The second-order valence-corrected chi connectivity index (χ2v) is 4.14. The quantitative estimate of drug-likeness (QED) is 0.716. The minimum Gasteiger partial charge on any atom is -0.370 e. The molecule has 1 amide bonds. The van der Waals surface area contributed by atoms with Gasteiger partial charge in [0.15, 0.2) is 0 Å². The number of rotatable bonds is 2. The highest BCUT2D eigenvalue weighted by Crippen LogP contribution is 2.16. The number of anilines is 1. The Morgan fingerprint density at radius 1 is 1.12 bits per heavy atom. The van der Waals surface area contributed by atoms with E-state index < -0.39 is 0 Å². The molecule has 2 rings (SSSR count). The summed E-state index contributed by atoms with van der Waals surface area (Å²) in [6.45, 7) is 3.40. The van der Waals surface area contributed by atoms with Crippen LogP contribution in [0.25, 0.3) is 0 Å². The summed E-state index contributed by atoms with van der Waals surface area (Å²) in [5.41, 5.74) is 1.80. The Morgan fingerprint density at radius 3 is 2.53 bits per heavy atom. The van der Waals surface area contributed by atoms with Gasteiger partial charge in [-0.25, -0.2) is 0 Å². The van der Waals surface area contributed by atoms with E-state index in [1.807, 2.05) is 29.2 Å². The first-order chi connectivity index (χ1) is 8.33. The zero-order valence-electron chi connectivity index (χ0n) is 9.67. The Hall–Kier alpha value is -2.02. The predicted molar refractivity (Wildman–Crippen MR) is 65.6 cm³/mol. The van der Waals surface area contributed by atoms with Gasteiger partial charge in [-0.05, 0) is 30.7 Å². The topological polar surface area (TPSA) is 47.3 Å². The lowest BCUT2D eigenvalue weighted by Crippen LogP contribution is -2.29. The fourth-order valence-corrected chi connectivity index (χ4v) is 2.05. The van der Waals surface area contributed by atoms with E-state index >= 15 is 0 Å². The van der Waals surface area contributed by atoms with Crippen LogP contribution in [-0.4, -0.2) is 37.5 Å². The van der Waals surface area contributed by atoms with Crippen LogP contribution < -0.4 is 4.90 Å². The molecule has 0 atom stereocenters. The molecule has 0 radical (unpaired) electrons. The average Bonchev–Trinajstić information content (AvgIpc) is 2.64. The maximum absolute atomic E-state index is 10.7. The Balaban J connectivity index is 2.06. The van der Waals surface area contributed by atoms with Crippen molar-refractivity contribution in [3.05, 3.63) is 29.8 Å². The van der Waals surface area contributed by atoms with Gasteiger partial charge in [-0.2, -0.15) is 5.26 Å². The fourth-order valence-electron chi connectivity index (χ4n) is 2.05. The van der Waals surface area contributed by atoms with Crippen LogP contribution in [0.3, 0.4) is 0 Å². The van der Waals surface area contributed by atoms with Crippen molar-refractivity contribution in [3.8, 4) is 6.07 Å². The summed E-state index contributed by atoms with van der Waals surface area (Å²) in [6.07, 6.45) is 1.90. The molecule has 1 aliphatic rings. The molecule has 0 spiro atoms. The third kappa shape index (κ3) is 2.76. The lowest BCUT2D eigenvalue weighted by Gasteiger charge is -2.22. The third-order valence-electron chi connectivity index (χ3n) is 3.04. The standard InChI is InChI=1S/C13H15N3O/c14-10-12-2-4-13(5-3-12)16-7-1-6-15(11-17)8-9-16/h2-5,11H,1,6-9H2. The zero-order valence-corrected chi connectivity index (χ0v) is 9.67. The molecule has 0 unspecified atom stereocenters. The van der Waals surface area contributed by atoms with E-state index in [1.165, 1.54) is 0 Å². The highest BCUT2D eigenvalue weighted by Gasteiger charge is 2.13. The molecule has 4 nitrogen and oxygen atoms in total.